The molecule has 3 N–H and O–H groups in total. The number of amides is 1. The summed E-state index contributed by atoms with van der Waals surface area (Å²) in [4.78, 5) is 25.2. The van der Waals surface area contributed by atoms with E-state index in [0.717, 1.165) is 39.0 Å². The van der Waals surface area contributed by atoms with Gasteiger partial charge in [0.2, 0.25) is 0 Å². The molecule has 0 saturated heterocycles. The molecule has 0 atom stereocenters. The second kappa shape index (κ2) is 9.64. The standard InChI is InChI=1S/C23H16N4O.C2HF3O2/c28-23-19(17-3-1-2-4-20(17)25-23)13-16-5-7-18-21(26-27-22(18)14-16)8-6-15-9-11-24-12-10-15;3-2(4,5)1(6)7/h1-14H,(H,25,28)(H,26,27);(H,6,7)/b8-6?,19-13+;. The molecule has 176 valence electrons. The van der Waals surface area contributed by atoms with E-state index in [-0.39, 0.29) is 5.91 Å². The number of carbonyl (C=O) groups excluding carboxylic acids is 1. The van der Waals surface area contributed by atoms with E-state index in [9.17, 15) is 18.0 Å². The summed E-state index contributed by atoms with van der Waals surface area (Å²) in [6, 6.07) is 17.6. The van der Waals surface area contributed by atoms with Crippen LogP contribution >= 0.6 is 0 Å². The Bertz CT molecular complexity index is 1460. The Morgan fingerprint density at radius 1 is 0.971 bits per heavy atom. The number of para-hydroxylation sites is 1. The Morgan fingerprint density at radius 2 is 1.69 bits per heavy atom. The highest BCUT2D eigenvalue weighted by Crippen LogP contribution is 2.33. The maximum Gasteiger partial charge on any atom is 0.490 e. The van der Waals surface area contributed by atoms with Crippen molar-refractivity contribution in [2.45, 2.75) is 6.18 Å². The van der Waals surface area contributed by atoms with Crippen LogP contribution in [0.5, 0.6) is 0 Å². The molecular weight excluding hydrogens is 461 g/mol. The predicted molar refractivity (Wildman–Crippen MR) is 126 cm³/mol. The van der Waals surface area contributed by atoms with Gasteiger partial charge in [0.25, 0.3) is 5.91 Å². The number of pyridine rings is 1. The first kappa shape index (κ1) is 23.4. The van der Waals surface area contributed by atoms with Gasteiger partial charge in [-0.25, -0.2) is 4.79 Å². The number of nitrogens with zero attached hydrogens (tertiary/aromatic N) is 2. The second-order valence-electron chi connectivity index (χ2n) is 7.39. The van der Waals surface area contributed by atoms with Gasteiger partial charge in [-0.05, 0) is 53.6 Å². The van der Waals surface area contributed by atoms with E-state index in [1.165, 1.54) is 0 Å². The van der Waals surface area contributed by atoms with E-state index >= 15 is 0 Å². The Kier molecular flexibility index (Phi) is 6.45. The summed E-state index contributed by atoms with van der Waals surface area (Å²) in [5, 5.41) is 18.5. The van der Waals surface area contributed by atoms with Crippen molar-refractivity contribution >= 4 is 52.3 Å². The fourth-order valence-corrected chi connectivity index (χ4v) is 3.37. The number of H-pyrrole nitrogens is 1. The van der Waals surface area contributed by atoms with Crippen LogP contribution in [-0.2, 0) is 9.59 Å². The maximum absolute atomic E-state index is 12.3. The molecular formula is C25H17F3N4O3. The number of hydrogen-bond acceptors (Lipinski definition) is 4. The highest BCUT2D eigenvalue weighted by molar-refractivity contribution is 6.34. The number of aliphatic carboxylic acids is 1. The zero-order valence-corrected chi connectivity index (χ0v) is 17.9. The molecule has 4 aromatic rings. The molecule has 5 rings (SSSR count). The highest BCUT2D eigenvalue weighted by atomic mass is 19.4. The van der Waals surface area contributed by atoms with Gasteiger partial charge in [-0.1, -0.05) is 30.3 Å². The van der Waals surface area contributed by atoms with Gasteiger partial charge >= 0.3 is 12.1 Å². The lowest BCUT2D eigenvalue weighted by atomic mass is 10.0. The molecule has 10 heteroatoms. The number of anilines is 1. The average molecular weight is 478 g/mol. The lowest BCUT2D eigenvalue weighted by Gasteiger charge is -1.99. The number of halogens is 3. The van der Waals surface area contributed by atoms with Crippen molar-refractivity contribution in [2.24, 2.45) is 0 Å². The number of aromatic amines is 1. The predicted octanol–water partition coefficient (Wildman–Crippen LogP) is 5.25. The van der Waals surface area contributed by atoms with Crippen molar-refractivity contribution < 1.29 is 27.9 Å². The van der Waals surface area contributed by atoms with Gasteiger partial charge in [0.1, 0.15) is 0 Å². The third-order valence-corrected chi connectivity index (χ3v) is 5.02. The molecule has 3 heterocycles. The normalized spacial score (nSPS) is 14.0. The number of rotatable bonds is 3. The zero-order valence-electron chi connectivity index (χ0n) is 17.9. The number of aromatic nitrogens is 3. The molecule has 2 aromatic carbocycles. The van der Waals surface area contributed by atoms with Crippen molar-refractivity contribution in [2.75, 3.05) is 5.32 Å². The first-order chi connectivity index (χ1) is 16.7. The number of carboxylic acid groups (broad SMARTS) is 1. The molecule has 1 aliphatic rings. The number of alkyl halides is 3. The summed E-state index contributed by atoms with van der Waals surface area (Å²) in [6.07, 6.45) is 4.34. The largest absolute Gasteiger partial charge is 0.490 e. The quantitative estimate of drug-likeness (QED) is 0.349. The summed E-state index contributed by atoms with van der Waals surface area (Å²) in [5.74, 6) is -2.83. The first-order valence-corrected chi connectivity index (χ1v) is 10.2. The van der Waals surface area contributed by atoms with Gasteiger partial charge in [0.05, 0.1) is 11.2 Å². The van der Waals surface area contributed by atoms with Crippen molar-refractivity contribution in [1.29, 1.82) is 0 Å². The van der Waals surface area contributed by atoms with Crippen LogP contribution in [-0.4, -0.2) is 38.3 Å². The first-order valence-electron chi connectivity index (χ1n) is 10.2. The molecule has 0 fully saturated rings. The number of benzene rings is 2. The number of carbonyl (C=O) groups is 2. The van der Waals surface area contributed by atoms with Crippen molar-refractivity contribution in [3.05, 3.63) is 89.4 Å². The number of fused-ring (bicyclic) bond motifs is 2. The Balaban J connectivity index is 0.000000364. The summed E-state index contributed by atoms with van der Waals surface area (Å²) in [7, 11) is 0. The van der Waals surface area contributed by atoms with E-state index in [1.807, 2.05) is 72.8 Å². The summed E-state index contributed by atoms with van der Waals surface area (Å²) < 4.78 is 31.7. The van der Waals surface area contributed by atoms with Crippen LogP contribution in [0, 0.1) is 0 Å². The van der Waals surface area contributed by atoms with Crippen LogP contribution in [0.15, 0.2) is 67.0 Å². The Hall–Kier alpha value is -4.73. The molecule has 0 saturated carbocycles. The maximum atomic E-state index is 12.3. The third-order valence-electron chi connectivity index (χ3n) is 5.02. The number of nitrogens with one attached hydrogen (secondary N) is 2. The van der Waals surface area contributed by atoms with Crippen LogP contribution in [0.4, 0.5) is 18.9 Å². The molecule has 0 radical (unpaired) electrons. The summed E-state index contributed by atoms with van der Waals surface area (Å²) in [5.41, 5.74) is 6.27. The van der Waals surface area contributed by atoms with Crippen LogP contribution < -0.4 is 5.32 Å². The van der Waals surface area contributed by atoms with Crippen LogP contribution in [0.2, 0.25) is 0 Å². The van der Waals surface area contributed by atoms with E-state index in [4.69, 9.17) is 9.90 Å². The van der Waals surface area contributed by atoms with E-state index in [2.05, 4.69) is 20.5 Å². The smallest absolute Gasteiger partial charge is 0.475 e. The minimum Gasteiger partial charge on any atom is -0.475 e. The molecule has 1 amide bonds. The minimum atomic E-state index is -5.08. The van der Waals surface area contributed by atoms with E-state index < -0.39 is 12.1 Å². The summed E-state index contributed by atoms with van der Waals surface area (Å²) in [6.45, 7) is 0. The number of carboxylic acids is 1. The Morgan fingerprint density at radius 3 is 2.40 bits per heavy atom. The number of hydrogen-bond donors (Lipinski definition) is 3. The van der Waals surface area contributed by atoms with Crippen molar-refractivity contribution in [3.8, 4) is 0 Å². The average Bonchev–Trinajstić information content (AvgIpc) is 3.38. The van der Waals surface area contributed by atoms with Gasteiger partial charge in [-0.15, -0.1) is 0 Å². The molecule has 7 nitrogen and oxygen atoms in total. The Labute approximate surface area is 196 Å². The molecule has 0 unspecified atom stereocenters. The fourth-order valence-electron chi connectivity index (χ4n) is 3.37. The molecule has 2 aromatic heterocycles. The van der Waals surface area contributed by atoms with Crippen LogP contribution in [0.25, 0.3) is 34.7 Å². The highest BCUT2D eigenvalue weighted by Gasteiger charge is 2.38. The van der Waals surface area contributed by atoms with Crippen molar-refractivity contribution in [1.82, 2.24) is 15.2 Å². The minimum absolute atomic E-state index is 0.0770. The monoisotopic (exact) mass is 478 g/mol. The van der Waals surface area contributed by atoms with E-state index in [1.54, 1.807) is 12.4 Å². The molecule has 0 spiro atoms. The lowest BCUT2D eigenvalue weighted by Crippen LogP contribution is -2.21. The SMILES string of the molecule is O=C(O)C(F)(F)F.O=C1Nc2ccccc2/C1=C\c1ccc2c(C=Cc3ccncc3)n[nH]c2c1. The zero-order chi connectivity index (χ0) is 25.0. The van der Waals surface area contributed by atoms with Gasteiger partial charge in [0, 0.05) is 34.6 Å². The van der Waals surface area contributed by atoms with E-state index in [0.29, 0.717) is 5.57 Å². The van der Waals surface area contributed by atoms with Gasteiger partial charge in [-0.3, -0.25) is 14.9 Å². The fraction of sp³-hybridized carbons (Fsp3) is 0.0400. The molecule has 0 aliphatic carbocycles. The molecule has 1 aliphatic heterocycles. The van der Waals surface area contributed by atoms with Gasteiger partial charge in [-0.2, -0.15) is 18.3 Å². The summed E-state index contributed by atoms with van der Waals surface area (Å²) >= 11 is 0. The van der Waals surface area contributed by atoms with Gasteiger partial charge in [0.15, 0.2) is 0 Å². The van der Waals surface area contributed by atoms with Crippen LogP contribution in [0.1, 0.15) is 22.4 Å². The third kappa shape index (κ3) is 5.44. The van der Waals surface area contributed by atoms with Crippen molar-refractivity contribution in [3.63, 3.8) is 0 Å². The lowest BCUT2D eigenvalue weighted by molar-refractivity contribution is -0.192. The topological polar surface area (TPSA) is 108 Å². The molecule has 35 heavy (non-hydrogen) atoms. The van der Waals surface area contributed by atoms with Crippen LogP contribution in [0.3, 0.4) is 0 Å². The second-order valence-corrected chi connectivity index (χ2v) is 7.39. The molecule has 0 bridgehead atoms. The van der Waals surface area contributed by atoms with Gasteiger partial charge < -0.3 is 10.4 Å².